The SMILES string of the molecule is Oc1cccc(CNC2CCC(C3CC3)C2)c1F. The lowest BCUT2D eigenvalue weighted by Gasteiger charge is -2.13. The molecule has 0 aromatic heterocycles. The fourth-order valence-corrected chi connectivity index (χ4v) is 3.15. The average molecular weight is 249 g/mol. The van der Waals surface area contributed by atoms with E-state index in [4.69, 9.17) is 0 Å². The van der Waals surface area contributed by atoms with Crippen molar-refractivity contribution in [1.29, 1.82) is 0 Å². The van der Waals surface area contributed by atoms with Gasteiger partial charge < -0.3 is 10.4 Å². The molecule has 18 heavy (non-hydrogen) atoms. The van der Waals surface area contributed by atoms with Gasteiger partial charge in [-0.15, -0.1) is 0 Å². The highest BCUT2D eigenvalue weighted by molar-refractivity contribution is 5.29. The van der Waals surface area contributed by atoms with Crippen LogP contribution in [0.1, 0.15) is 37.7 Å². The van der Waals surface area contributed by atoms with E-state index >= 15 is 0 Å². The van der Waals surface area contributed by atoms with E-state index in [1.807, 2.05) is 0 Å². The van der Waals surface area contributed by atoms with Gasteiger partial charge in [0, 0.05) is 18.2 Å². The summed E-state index contributed by atoms with van der Waals surface area (Å²) >= 11 is 0. The summed E-state index contributed by atoms with van der Waals surface area (Å²) in [7, 11) is 0. The molecular weight excluding hydrogens is 229 g/mol. The molecule has 3 heteroatoms. The van der Waals surface area contributed by atoms with Crippen LogP contribution in [-0.4, -0.2) is 11.1 Å². The Balaban J connectivity index is 1.53. The maximum absolute atomic E-state index is 13.6. The zero-order valence-corrected chi connectivity index (χ0v) is 10.5. The molecule has 2 nitrogen and oxygen atoms in total. The van der Waals surface area contributed by atoms with Gasteiger partial charge in [0.1, 0.15) is 0 Å². The van der Waals surface area contributed by atoms with Crippen LogP contribution in [0.4, 0.5) is 4.39 Å². The molecule has 0 spiro atoms. The van der Waals surface area contributed by atoms with E-state index in [1.54, 1.807) is 12.1 Å². The first kappa shape index (κ1) is 12.0. The van der Waals surface area contributed by atoms with Gasteiger partial charge in [0.15, 0.2) is 11.6 Å². The topological polar surface area (TPSA) is 32.3 Å². The number of halogens is 1. The van der Waals surface area contributed by atoms with Crippen molar-refractivity contribution in [3.8, 4) is 5.75 Å². The Morgan fingerprint density at radius 1 is 1.17 bits per heavy atom. The summed E-state index contributed by atoms with van der Waals surface area (Å²) in [5, 5.41) is 12.7. The first-order valence-electron chi connectivity index (χ1n) is 6.94. The zero-order valence-electron chi connectivity index (χ0n) is 10.5. The summed E-state index contributed by atoms with van der Waals surface area (Å²) in [5.74, 6) is 1.14. The van der Waals surface area contributed by atoms with Gasteiger partial charge in [0.05, 0.1) is 0 Å². The Morgan fingerprint density at radius 3 is 2.72 bits per heavy atom. The minimum absolute atomic E-state index is 0.253. The molecule has 1 aromatic rings. The van der Waals surface area contributed by atoms with Crippen LogP contribution >= 0.6 is 0 Å². The molecule has 0 aliphatic heterocycles. The largest absolute Gasteiger partial charge is 0.505 e. The Labute approximate surface area is 107 Å². The lowest BCUT2D eigenvalue weighted by molar-refractivity contribution is 0.420. The van der Waals surface area contributed by atoms with Gasteiger partial charge in [-0.1, -0.05) is 12.1 Å². The summed E-state index contributed by atoms with van der Waals surface area (Å²) < 4.78 is 13.6. The highest BCUT2D eigenvalue weighted by atomic mass is 19.1. The predicted molar refractivity (Wildman–Crippen MR) is 68.8 cm³/mol. The number of aromatic hydroxyl groups is 1. The molecule has 0 heterocycles. The van der Waals surface area contributed by atoms with Crippen molar-refractivity contribution in [3.63, 3.8) is 0 Å². The minimum Gasteiger partial charge on any atom is -0.505 e. The average Bonchev–Trinajstić information content (AvgIpc) is 3.11. The third kappa shape index (κ3) is 2.51. The summed E-state index contributed by atoms with van der Waals surface area (Å²) in [5.41, 5.74) is 0.560. The van der Waals surface area contributed by atoms with Gasteiger partial charge in [-0.2, -0.15) is 0 Å². The van der Waals surface area contributed by atoms with Crippen LogP contribution < -0.4 is 5.32 Å². The van der Waals surface area contributed by atoms with Crippen molar-refractivity contribution in [2.75, 3.05) is 0 Å². The standard InChI is InChI=1S/C15H20FNO/c16-15-12(2-1-3-14(15)18)9-17-13-7-6-11(8-13)10-4-5-10/h1-3,10-11,13,17-18H,4-9H2. The summed E-state index contributed by atoms with van der Waals surface area (Å²) in [4.78, 5) is 0. The summed E-state index contributed by atoms with van der Waals surface area (Å²) in [6.07, 6.45) is 6.61. The highest BCUT2D eigenvalue weighted by Crippen LogP contribution is 2.45. The van der Waals surface area contributed by atoms with Crippen molar-refractivity contribution < 1.29 is 9.50 Å². The molecule has 1 aromatic carbocycles. The normalized spacial score (nSPS) is 27.6. The quantitative estimate of drug-likeness (QED) is 0.859. The van der Waals surface area contributed by atoms with Gasteiger partial charge in [-0.05, 0) is 50.0 Å². The number of nitrogens with one attached hydrogen (secondary N) is 1. The molecule has 0 bridgehead atoms. The first-order chi connectivity index (χ1) is 8.74. The van der Waals surface area contributed by atoms with E-state index in [9.17, 15) is 9.50 Å². The second-order valence-corrected chi connectivity index (χ2v) is 5.74. The van der Waals surface area contributed by atoms with Gasteiger partial charge in [0.2, 0.25) is 0 Å². The predicted octanol–water partition coefficient (Wildman–Crippen LogP) is 3.20. The van der Waals surface area contributed by atoms with Crippen molar-refractivity contribution in [3.05, 3.63) is 29.6 Å². The lowest BCUT2D eigenvalue weighted by atomic mass is 10.0. The first-order valence-corrected chi connectivity index (χ1v) is 6.94. The molecule has 2 saturated carbocycles. The van der Waals surface area contributed by atoms with Crippen molar-refractivity contribution in [2.24, 2.45) is 11.8 Å². The molecule has 0 radical (unpaired) electrons. The Kier molecular flexibility index (Phi) is 3.25. The molecule has 0 saturated heterocycles. The molecular formula is C15H20FNO. The van der Waals surface area contributed by atoms with Crippen LogP contribution in [0.3, 0.4) is 0 Å². The second-order valence-electron chi connectivity index (χ2n) is 5.74. The van der Waals surface area contributed by atoms with E-state index in [1.165, 1.54) is 38.2 Å². The number of phenols is 1. The van der Waals surface area contributed by atoms with Crippen molar-refractivity contribution in [1.82, 2.24) is 5.32 Å². The number of hydrogen-bond acceptors (Lipinski definition) is 2. The number of rotatable bonds is 4. The molecule has 0 amide bonds. The van der Waals surface area contributed by atoms with Gasteiger partial charge >= 0.3 is 0 Å². The molecule has 2 atom stereocenters. The lowest BCUT2D eigenvalue weighted by Crippen LogP contribution is -2.26. The van der Waals surface area contributed by atoms with Crippen molar-refractivity contribution in [2.45, 2.75) is 44.7 Å². The van der Waals surface area contributed by atoms with Crippen LogP contribution in [0, 0.1) is 17.7 Å². The van der Waals surface area contributed by atoms with Gasteiger partial charge in [0.25, 0.3) is 0 Å². The summed E-state index contributed by atoms with van der Waals surface area (Å²) in [6, 6.07) is 5.33. The van der Waals surface area contributed by atoms with E-state index in [0.29, 0.717) is 18.2 Å². The monoisotopic (exact) mass is 249 g/mol. The Hall–Kier alpha value is -1.09. The third-order valence-electron chi connectivity index (χ3n) is 4.40. The van der Waals surface area contributed by atoms with Gasteiger partial charge in [-0.25, -0.2) is 4.39 Å². The second kappa shape index (κ2) is 4.88. The maximum atomic E-state index is 13.6. The van der Waals surface area contributed by atoms with Crippen LogP contribution in [0.5, 0.6) is 5.75 Å². The third-order valence-corrected chi connectivity index (χ3v) is 4.40. The van der Waals surface area contributed by atoms with Crippen molar-refractivity contribution >= 4 is 0 Å². The highest BCUT2D eigenvalue weighted by Gasteiger charge is 2.36. The maximum Gasteiger partial charge on any atom is 0.169 e. The molecule has 98 valence electrons. The van der Waals surface area contributed by atoms with E-state index in [-0.39, 0.29) is 5.75 Å². The number of hydrogen-bond donors (Lipinski definition) is 2. The van der Waals surface area contributed by atoms with E-state index in [0.717, 1.165) is 11.8 Å². The Morgan fingerprint density at radius 2 is 1.94 bits per heavy atom. The fourth-order valence-electron chi connectivity index (χ4n) is 3.15. The summed E-state index contributed by atoms with van der Waals surface area (Å²) in [6.45, 7) is 0.516. The van der Waals surface area contributed by atoms with E-state index in [2.05, 4.69) is 5.32 Å². The van der Waals surface area contributed by atoms with Crippen LogP contribution in [0.15, 0.2) is 18.2 Å². The molecule has 2 aliphatic rings. The minimum atomic E-state index is -0.485. The van der Waals surface area contributed by atoms with Crippen LogP contribution in [-0.2, 0) is 6.54 Å². The Bertz CT molecular complexity index is 431. The van der Waals surface area contributed by atoms with Crippen LogP contribution in [0.25, 0.3) is 0 Å². The van der Waals surface area contributed by atoms with Gasteiger partial charge in [-0.3, -0.25) is 0 Å². The number of benzene rings is 1. The molecule has 2 unspecified atom stereocenters. The zero-order chi connectivity index (χ0) is 12.5. The molecule has 2 aliphatic carbocycles. The van der Waals surface area contributed by atoms with Crippen LogP contribution in [0.2, 0.25) is 0 Å². The molecule has 2 fully saturated rings. The molecule has 2 N–H and O–H groups in total. The smallest absolute Gasteiger partial charge is 0.169 e. The van der Waals surface area contributed by atoms with E-state index < -0.39 is 5.82 Å². The number of phenolic OH excluding ortho intramolecular Hbond substituents is 1. The molecule has 3 rings (SSSR count). The fraction of sp³-hybridized carbons (Fsp3) is 0.600.